The number of benzene rings is 3. The second kappa shape index (κ2) is 9.00. The van der Waals surface area contributed by atoms with E-state index in [9.17, 15) is 9.90 Å². The van der Waals surface area contributed by atoms with E-state index in [2.05, 4.69) is 5.32 Å². The van der Waals surface area contributed by atoms with Crippen molar-refractivity contribution in [1.82, 2.24) is 0 Å². The molecule has 0 aliphatic rings. The molecule has 1 atom stereocenters. The standard InChI is InChI=1S/C24H21ClN2O3/c1-16-21(13-10-18(15-26)22(16)25)27-23(28)24(29,19-6-4-3-5-7-19)14-17-8-11-20(30-2)12-9-17/h3-13,29H,14H2,1-2H3,(H,27,28). The first-order valence-corrected chi connectivity index (χ1v) is 9.68. The highest BCUT2D eigenvalue weighted by Crippen LogP contribution is 2.31. The third-order valence-electron chi connectivity index (χ3n) is 5.00. The average molecular weight is 421 g/mol. The van der Waals surface area contributed by atoms with Crippen LogP contribution in [-0.4, -0.2) is 18.1 Å². The minimum absolute atomic E-state index is 0.0654. The first-order chi connectivity index (χ1) is 14.4. The fraction of sp³-hybridized carbons (Fsp3) is 0.167. The molecule has 0 aliphatic carbocycles. The van der Waals surface area contributed by atoms with Crippen molar-refractivity contribution in [3.8, 4) is 11.8 Å². The molecule has 0 heterocycles. The smallest absolute Gasteiger partial charge is 0.261 e. The lowest BCUT2D eigenvalue weighted by Crippen LogP contribution is -2.42. The van der Waals surface area contributed by atoms with Gasteiger partial charge in [-0.1, -0.05) is 54.1 Å². The van der Waals surface area contributed by atoms with Gasteiger partial charge in [0, 0.05) is 12.1 Å². The molecule has 0 bridgehead atoms. The van der Waals surface area contributed by atoms with Crippen molar-refractivity contribution >= 4 is 23.2 Å². The third kappa shape index (κ3) is 4.30. The molecule has 0 fully saturated rings. The Morgan fingerprint density at radius 1 is 1.13 bits per heavy atom. The molecule has 1 amide bonds. The highest BCUT2D eigenvalue weighted by Gasteiger charge is 2.38. The number of methoxy groups -OCH3 is 1. The number of amides is 1. The summed E-state index contributed by atoms with van der Waals surface area (Å²) in [5.74, 6) is 0.0997. The van der Waals surface area contributed by atoms with Crippen LogP contribution in [0.2, 0.25) is 5.02 Å². The van der Waals surface area contributed by atoms with E-state index in [1.54, 1.807) is 56.5 Å². The molecule has 0 spiro atoms. The maximum atomic E-state index is 13.3. The van der Waals surface area contributed by atoms with Crippen LogP contribution in [-0.2, 0) is 16.8 Å². The van der Waals surface area contributed by atoms with E-state index in [1.807, 2.05) is 24.3 Å². The summed E-state index contributed by atoms with van der Waals surface area (Å²) in [6.07, 6.45) is 0.0654. The second-order valence-corrected chi connectivity index (χ2v) is 7.29. The molecule has 0 aromatic heterocycles. The molecule has 3 aromatic carbocycles. The molecule has 1 unspecified atom stereocenters. The molecule has 3 rings (SSSR count). The van der Waals surface area contributed by atoms with Gasteiger partial charge in [-0.3, -0.25) is 4.79 Å². The average Bonchev–Trinajstić information content (AvgIpc) is 2.78. The Morgan fingerprint density at radius 2 is 1.80 bits per heavy atom. The van der Waals surface area contributed by atoms with Crippen molar-refractivity contribution in [2.45, 2.75) is 18.9 Å². The van der Waals surface area contributed by atoms with Gasteiger partial charge in [0.05, 0.1) is 17.7 Å². The summed E-state index contributed by atoms with van der Waals surface area (Å²) in [5, 5.41) is 23.7. The second-order valence-electron chi connectivity index (χ2n) is 6.92. The van der Waals surface area contributed by atoms with Crippen LogP contribution in [0.3, 0.4) is 0 Å². The molecule has 0 saturated heterocycles. The van der Waals surface area contributed by atoms with Crippen LogP contribution in [0.5, 0.6) is 5.75 Å². The van der Waals surface area contributed by atoms with Crippen LogP contribution in [0.25, 0.3) is 0 Å². The first kappa shape index (κ1) is 21.4. The van der Waals surface area contributed by atoms with Crippen molar-refractivity contribution in [2.75, 3.05) is 12.4 Å². The quantitative estimate of drug-likeness (QED) is 0.610. The van der Waals surface area contributed by atoms with Crippen molar-refractivity contribution in [2.24, 2.45) is 0 Å². The number of rotatable bonds is 6. The normalized spacial score (nSPS) is 12.5. The predicted molar refractivity (Wildman–Crippen MR) is 117 cm³/mol. The molecule has 3 aromatic rings. The minimum atomic E-state index is -1.82. The van der Waals surface area contributed by atoms with Gasteiger partial charge in [0.1, 0.15) is 11.8 Å². The van der Waals surface area contributed by atoms with Crippen LogP contribution >= 0.6 is 11.6 Å². The monoisotopic (exact) mass is 420 g/mol. The summed E-state index contributed by atoms with van der Waals surface area (Å²) in [4.78, 5) is 13.3. The van der Waals surface area contributed by atoms with Gasteiger partial charge in [-0.25, -0.2) is 0 Å². The lowest BCUT2D eigenvalue weighted by molar-refractivity contribution is -0.135. The van der Waals surface area contributed by atoms with Crippen LogP contribution in [0, 0.1) is 18.3 Å². The topological polar surface area (TPSA) is 82.3 Å². The number of nitrogens with zero attached hydrogens (tertiary/aromatic N) is 1. The Hall–Kier alpha value is -3.33. The SMILES string of the molecule is COc1ccc(CC(O)(C(=O)Nc2ccc(C#N)c(Cl)c2C)c2ccccc2)cc1. The Bertz CT molecular complexity index is 1090. The molecule has 2 N–H and O–H groups in total. The predicted octanol–water partition coefficient (Wildman–Crippen LogP) is 4.60. The summed E-state index contributed by atoms with van der Waals surface area (Å²) in [5.41, 5.74) is 0.742. The molecule has 5 nitrogen and oxygen atoms in total. The number of anilines is 1. The fourth-order valence-electron chi connectivity index (χ4n) is 3.20. The Balaban J connectivity index is 1.97. The van der Waals surface area contributed by atoms with Gasteiger partial charge in [-0.15, -0.1) is 0 Å². The minimum Gasteiger partial charge on any atom is -0.497 e. The van der Waals surface area contributed by atoms with Crippen LogP contribution in [0.4, 0.5) is 5.69 Å². The van der Waals surface area contributed by atoms with Gasteiger partial charge < -0.3 is 15.2 Å². The number of halogens is 1. The van der Waals surface area contributed by atoms with E-state index in [0.29, 0.717) is 28.1 Å². The van der Waals surface area contributed by atoms with Gasteiger partial charge in [0.15, 0.2) is 5.60 Å². The molecule has 6 heteroatoms. The van der Waals surface area contributed by atoms with Crippen molar-refractivity contribution < 1.29 is 14.6 Å². The lowest BCUT2D eigenvalue weighted by Gasteiger charge is -2.28. The zero-order chi connectivity index (χ0) is 21.7. The molecular weight excluding hydrogens is 400 g/mol. The highest BCUT2D eigenvalue weighted by atomic mass is 35.5. The number of hydrogen-bond donors (Lipinski definition) is 2. The van der Waals surface area contributed by atoms with E-state index in [0.717, 1.165) is 5.56 Å². The maximum absolute atomic E-state index is 13.3. The van der Waals surface area contributed by atoms with Gasteiger partial charge in [0.25, 0.3) is 5.91 Å². The van der Waals surface area contributed by atoms with Crippen molar-refractivity contribution in [1.29, 1.82) is 5.26 Å². The van der Waals surface area contributed by atoms with E-state index >= 15 is 0 Å². The summed E-state index contributed by atoms with van der Waals surface area (Å²) in [7, 11) is 1.58. The third-order valence-corrected chi connectivity index (χ3v) is 5.49. The highest BCUT2D eigenvalue weighted by molar-refractivity contribution is 6.33. The number of nitrogens with one attached hydrogen (secondary N) is 1. The van der Waals surface area contributed by atoms with E-state index < -0.39 is 11.5 Å². The molecule has 30 heavy (non-hydrogen) atoms. The molecular formula is C24H21ClN2O3. The summed E-state index contributed by atoms with van der Waals surface area (Å²) in [6.45, 7) is 1.71. The van der Waals surface area contributed by atoms with Crippen molar-refractivity contribution in [3.05, 3.63) is 94.0 Å². The fourth-order valence-corrected chi connectivity index (χ4v) is 3.41. The number of carbonyl (C=O) groups excluding carboxylic acids is 1. The van der Waals surface area contributed by atoms with Crippen LogP contribution in [0.15, 0.2) is 66.7 Å². The molecule has 152 valence electrons. The Morgan fingerprint density at radius 3 is 2.40 bits per heavy atom. The van der Waals surface area contributed by atoms with E-state index in [1.165, 1.54) is 6.07 Å². The molecule has 0 aliphatic heterocycles. The first-order valence-electron chi connectivity index (χ1n) is 9.30. The Kier molecular flexibility index (Phi) is 6.41. The molecule has 0 saturated carbocycles. The van der Waals surface area contributed by atoms with Gasteiger partial charge in [-0.2, -0.15) is 5.26 Å². The van der Waals surface area contributed by atoms with Crippen molar-refractivity contribution in [3.63, 3.8) is 0 Å². The van der Waals surface area contributed by atoms with E-state index in [-0.39, 0.29) is 11.4 Å². The summed E-state index contributed by atoms with van der Waals surface area (Å²) >= 11 is 6.22. The van der Waals surface area contributed by atoms with Gasteiger partial charge >= 0.3 is 0 Å². The lowest BCUT2D eigenvalue weighted by atomic mass is 9.86. The number of nitriles is 1. The van der Waals surface area contributed by atoms with E-state index in [4.69, 9.17) is 21.6 Å². The Labute approximate surface area is 180 Å². The zero-order valence-corrected chi connectivity index (χ0v) is 17.4. The number of carbonyl (C=O) groups is 1. The number of aliphatic hydroxyl groups is 1. The van der Waals surface area contributed by atoms with Gasteiger partial charge in [0.2, 0.25) is 0 Å². The summed E-state index contributed by atoms with van der Waals surface area (Å²) < 4.78 is 5.18. The molecule has 0 radical (unpaired) electrons. The zero-order valence-electron chi connectivity index (χ0n) is 16.6. The maximum Gasteiger partial charge on any atom is 0.261 e. The number of hydrogen-bond acceptors (Lipinski definition) is 4. The van der Waals surface area contributed by atoms with Crippen LogP contribution in [0.1, 0.15) is 22.3 Å². The summed E-state index contributed by atoms with van der Waals surface area (Å²) in [6, 6.07) is 21.1. The number of ether oxygens (including phenoxy) is 1. The van der Waals surface area contributed by atoms with Crippen LogP contribution < -0.4 is 10.1 Å². The largest absolute Gasteiger partial charge is 0.497 e. The van der Waals surface area contributed by atoms with Gasteiger partial charge in [-0.05, 0) is 47.9 Å².